The maximum Gasteiger partial charge on any atom is 0.137 e. The van der Waals surface area contributed by atoms with Gasteiger partial charge in [0.15, 0.2) is 0 Å². The minimum atomic E-state index is -0.208. The van der Waals surface area contributed by atoms with E-state index in [1.54, 1.807) is 6.07 Å². The van der Waals surface area contributed by atoms with E-state index in [0.29, 0.717) is 4.47 Å². The van der Waals surface area contributed by atoms with Gasteiger partial charge in [-0.1, -0.05) is 31.9 Å². The molecule has 1 aromatic rings. The Bertz CT molecular complexity index is 416. The molecule has 1 unspecified atom stereocenters. The predicted octanol–water partition coefficient (Wildman–Crippen LogP) is 3.54. The van der Waals surface area contributed by atoms with Gasteiger partial charge in [0.25, 0.3) is 0 Å². The first-order valence-corrected chi connectivity index (χ1v) is 7.25. The fraction of sp³-hybridized carbons (Fsp3) is 0.571. The summed E-state index contributed by atoms with van der Waals surface area (Å²) in [5.74, 6) is 5.51. The molecule has 0 amide bonds. The molecule has 1 aromatic carbocycles. The monoisotopic (exact) mass is 314 g/mol. The summed E-state index contributed by atoms with van der Waals surface area (Å²) in [6.45, 7) is 2.28. The van der Waals surface area contributed by atoms with Crippen LogP contribution < -0.4 is 11.3 Å². The number of hydrogen-bond acceptors (Lipinski definition) is 2. The Balaban J connectivity index is 2.17. The zero-order chi connectivity index (χ0) is 13.2. The van der Waals surface area contributed by atoms with Crippen LogP contribution in [0.25, 0.3) is 0 Å². The molecule has 18 heavy (non-hydrogen) atoms. The molecule has 3 N–H and O–H groups in total. The molecule has 100 valence electrons. The summed E-state index contributed by atoms with van der Waals surface area (Å²) in [4.78, 5) is 0. The zero-order valence-corrected chi connectivity index (χ0v) is 12.3. The Labute approximate surface area is 116 Å². The molecule has 1 aliphatic carbocycles. The largest absolute Gasteiger partial charge is 0.271 e. The lowest BCUT2D eigenvalue weighted by atomic mass is 9.78. The van der Waals surface area contributed by atoms with E-state index in [-0.39, 0.29) is 17.3 Å². The van der Waals surface area contributed by atoms with E-state index in [4.69, 9.17) is 5.84 Å². The molecule has 0 saturated heterocycles. The van der Waals surface area contributed by atoms with Gasteiger partial charge in [0.05, 0.1) is 4.47 Å². The summed E-state index contributed by atoms with van der Waals surface area (Å²) >= 11 is 3.32. The third-order valence-corrected chi connectivity index (χ3v) is 5.13. The van der Waals surface area contributed by atoms with Crippen LogP contribution in [-0.2, 0) is 6.42 Å². The maximum absolute atomic E-state index is 13.5. The molecule has 1 fully saturated rings. The first-order chi connectivity index (χ1) is 8.57. The summed E-state index contributed by atoms with van der Waals surface area (Å²) < 4.78 is 14.1. The molecule has 0 bridgehead atoms. The highest BCUT2D eigenvalue weighted by atomic mass is 79.9. The number of halogens is 2. The second-order valence-corrected chi connectivity index (χ2v) is 6.29. The van der Waals surface area contributed by atoms with E-state index in [2.05, 4.69) is 28.3 Å². The Morgan fingerprint density at radius 1 is 1.44 bits per heavy atom. The molecule has 1 atom stereocenters. The lowest BCUT2D eigenvalue weighted by Gasteiger charge is -2.34. The average molecular weight is 315 g/mol. The Hall–Kier alpha value is -0.450. The van der Waals surface area contributed by atoms with Gasteiger partial charge in [0, 0.05) is 6.04 Å². The molecule has 2 nitrogen and oxygen atoms in total. The molecule has 1 saturated carbocycles. The lowest BCUT2D eigenvalue weighted by molar-refractivity contribution is 0.220. The van der Waals surface area contributed by atoms with Crippen molar-refractivity contribution in [2.45, 2.75) is 45.1 Å². The number of hydrogen-bond donors (Lipinski definition) is 2. The molecule has 2 rings (SSSR count). The van der Waals surface area contributed by atoms with Crippen molar-refractivity contribution in [3.8, 4) is 0 Å². The van der Waals surface area contributed by atoms with Crippen molar-refractivity contribution in [3.63, 3.8) is 0 Å². The van der Waals surface area contributed by atoms with Gasteiger partial charge in [-0.15, -0.1) is 0 Å². The van der Waals surface area contributed by atoms with Crippen molar-refractivity contribution >= 4 is 15.9 Å². The second-order valence-electron chi connectivity index (χ2n) is 5.50. The Morgan fingerprint density at radius 3 is 2.72 bits per heavy atom. The smallest absolute Gasteiger partial charge is 0.137 e. The number of rotatable bonds is 4. The topological polar surface area (TPSA) is 38.0 Å². The van der Waals surface area contributed by atoms with Gasteiger partial charge in [-0.3, -0.25) is 11.3 Å². The van der Waals surface area contributed by atoms with E-state index in [9.17, 15) is 4.39 Å². The van der Waals surface area contributed by atoms with E-state index in [1.165, 1.54) is 31.7 Å². The molecule has 0 radical (unpaired) electrons. The molecule has 0 aromatic heterocycles. The number of hydrazine groups is 1. The summed E-state index contributed by atoms with van der Waals surface area (Å²) in [5, 5.41) is 0. The molecule has 0 spiro atoms. The lowest BCUT2D eigenvalue weighted by Crippen LogP contribution is -2.47. The van der Waals surface area contributed by atoms with Crippen LogP contribution in [-0.4, -0.2) is 6.04 Å². The van der Waals surface area contributed by atoms with E-state index >= 15 is 0 Å². The van der Waals surface area contributed by atoms with Crippen LogP contribution in [0.4, 0.5) is 4.39 Å². The van der Waals surface area contributed by atoms with Gasteiger partial charge in [-0.05, 0) is 52.2 Å². The second kappa shape index (κ2) is 5.68. The van der Waals surface area contributed by atoms with Crippen molar-refractivity contribution in [2.24, 2.45) is 11.3 Å². The molecule has 0 heterocycles. The minimum absolute atomic E-state index is 0.193. The quantitative estimate of drug-likeness (QED) is 0.659. The van der Waals surface area contributed by atoms with Gasteiger partial charge in [-0.25, -0.2) is 4.39 Å². The van der Waals surface area contributed by atoms with Gasteiger partial charge in [0.2, 0.25) is 0 Å². The van der Waals surface area contributed by atoms with Crippen LogP contribution in [0.5, 0.6) is 0 Å². The van der Waals surface area contributed by atoms with Crippen LogP contribution >= 0.6 is 15.9 Å². The van der Waals surface area contributed by atoms with Crippen LogP contribution in [0.15, 0.2) is 22.7 Å². The third-order valence-electron chi connectivity index (χ3n) is 4.24. The van der Waals surface area contributed by atoms with E-state index in [0.717, 1.165) is 12.0 Å². The molecule has 1 aliphatic rings. The standard InChI is InChI=1S/C14H20BrFN2/c1-14(7-2-3-8-14)12(18-17)9-10-5-4-6-11(16)13(10)15/h4-6,12,18H,2-3,7-9,17H2,1H3. The van der Waals surface area contributed by atoms with Crippen LogP contribution in [0.2, 0.25) is 0 Å². The van der Waals surface area contributed by atoms with Gasteiger partial charge < -0.3 is 0 Å². The van der Waals surface area contributed by atoms with Crippen LogP contribution in [0.1, 0.15) is 38.2 Å². The van der Waals surface area contributed by atoms with Crippen molar-refractivity contribution in [1.82, 2.24) is 5.43 Å². The SMILES string of the molecule is CC1(C(Cc2cccc(F)c2Br)NN)CCCC1. The van der Waals surface area contributed by atoms with Crippen molar-refractivity contribution < 1.29 is 4.39 Å². The Kier molecular flexibility index (Phi) is 4.41. The van der Waals surface area contributed by atoms with Crippen LogP contribution in [0.3, 0.4) is 0 Å². The van der Waals surface area contributed by atoms with Crippen molar-refractivity contribution in [3.05, 3.63) is 34.1 Å². The fourth-order valence-electron chi connectivity index (χ4n) is 2.96. The Morgan fingerprint density at radius 2 is 2.11 bits per heavy atom. The van der Waals surface area contributed by atoms with Gasteiger partial charge >= 0.3 is 0 Å². The van der Waals surface area contributed by atoms with E-state index in [1.807, 2.05) is 6.07 Å². The van der Waals surface area contributed by atoms with Gasteiger partial charge in [0.1, 0.15) is 5.82 Å². The highest BCUT2D eigenvalue weighted by Crippen LogP contribution is 2.41. The fourth-order valence-corrected chi connectivity index (χ4v) is 3.39. The van der Waals surface area contributed by atoms with Crippen molar-refractivity contribution in [2.75, 3.05) is 0 Å². The number of nitrogens with two attached hydrogens (primary N) is 1. The van der Waals surface area contributed by atoms with Gasteiger partial charge in [-0.2, -0.15) is 0 Å². The molecular formula is C14H20BrFN2. The van der Waals surface area contributed by atoms with E-state index < -0.39 is 0 Å². The number of nitrogens with one attached hydrogen (secondary N) is 1. The molecular weight excluding hydrogens is 295 g/mol. The highest BCUT2D eigenvalue weighted by Gasteiger charge is 2.36. The van der Waals surface area contributed by atoms with Crippen molar-refractivity contribution in [1.29, 1.82) is 0 Å². The number of benzene rings is 1. The summed E-state index contributed by atoms with van der Waals surface area (Å²) in [6.07, 6.45) is 5.66. The minimum Gasteiger partial charge on any atom is -0.271 e. The predicted molar refractivity (Wildman–Crippen MR) is 75.5 cm³/mol. The average Bonchev–Trinajstić information content (AvgIpc) is 2.79. The molecule has 0 aliphatic heterocycles. The summed E-state index contributed by atoms with van der Waals surface area (Å²) in [7, 11) is 0. The normalized spacial score (nSPS) is 20.0. The molecule has 4 heteroatoms. The first-order valence-electron chi connectivity index (χ1n) is 6.46. The first kappa shape index (κ1) is 14.0. The summed E-state index contributed by atoms with van der Waals surface area (Å²) in [6, 6.07) is 5.36. The van der Waals surface area contributed by atoms with Crippen LogP contribution in [0, 0.1) is 11.2 Å². The highest BCUT2D eigenvalue weighted by molar-refractivity contribution is 9.10. The maximum atomic E-state index is 13.5. The zero-order valence-electron chi connectivity index (χ0n) is 10.7. The summed E-state index contributed by atoms with van der Waals surface area (Å²) in [5.41, 5.74) is 4.14. The third kappa shape index (κ3) is 2.76.